The molecule has 1 aromatic carbocycles. The highest BCUT2D eigenvalue weighted by atomic mass is 16.6. The summed E-state index contributed by atoms with van der Waals surface area (Å²) in [5, 5.41) is 11.4. The Bertz CT molecular complexity index is 1160. The molecule has 10 heteroatoms. The van der Waals surface area contributed by atoms with Crippen LogP contribution in [-0.4, -0.2) is 45.5 Å². The van der Waals surface area contributed by atoms with E-state index >= 15 is 0 Å². The van der Waals surface area contributed by atoms with Gasteiger partial charge in [0.1, 0.15) is 12.0 Å². The zero-order chi connectivity index (χ0) is 20.5. The minimum Gasteiger partial charge on any atom is -0.493 e. The Labute approximate surface area is 165 Å². The van der Waals surface area contributed by atoms with Crippen LogP contribution in [-0.2, 0) is 19.5 Å². The van der Waals surface area contributed by atoms with Gasteiger partial charge in [0, 0.05) is 37.3 Å². The number of nitro groups is 1. The molecule has 0 spiro atoms. The lowest BCUT2D eigenvalue weighted by Crippen LogP contribution is -2.32. The summed E-state index contributed by atoms with van der Waals surface area (Å²) < 4.78 is 10.5. The topological polar surface area (TPSA) is 123 Å². The van der Waals surface area contributed by atoms with E-state index in [0.717, 1.165) is 11.3 Å². The van der Waals surface area contributed by atoms with Gasteiger partial charge < -0.3 is 14.5 Å². The molecule has 0 fully saturated rings. The average molecular weight is 397 g/mol. The highest BCUT2D eigenvalue weighted by Crippen LogP contribution is 2.30. The van der Waals surface area contributed by atoms with Gasteiger partial charge in [-0.25, -0.2) is 4.98 Å². The van der Waals surface area contributed by atoms with Crippen LogP contribution < -0.4 is 15.0 Å². The summed E-state index contributed by atoms with van der Waals surface area (Å²) in [5.74, 6) is 1.47. The lowest BCUT2D eigenvalue weighted by Gasteiger charge is -2.27. The second-order valence-corrected chi connectivity index (χ2v) is 6.75. The largest absolute Gasteiger partial charge is 0.493 e. The molecule has 29 heavy (non-hydrogen) atoms. The van der Waals surface area contributed by atoms with E-state index < -0.39 is 4.92 Å². The van der Waals surface area contributed by atoms with Crippen molar-refractivity contribution in [2.75, 3.05) is 20.8 Å². The number of pyridine rings is 1. The molecule has 1 aliphatic rings. The first kappa shape index (κ1) is 18.8. The van der Waals surface area contributed by atoms with Gasteiger partial charge in [0.15, 0.2) is 11.5 Å². The predicted octanol–water partition coefficient (Wildman–Crippen LogP) is 1.80. The zero-order valence-corrected chi connectivity index (χ0v) is 16.0. The van der Waals surface area contributed by atoms with Crippen molar-refractivity contribution in [2.24, 2.45) is 0 Å². The maximum atomic E-state index is 12.5. The van der Waals surface area contributed by atoms with Gasteiger partial charge in [0.25, 0.3) is 11.2 Å². The molecule has 0 saturated heterocycles. The van der Waals surface area contributed by atoms with E-state index in [1.165, 1.54) is 20.4 Å². The number of aromatic nitrogens is 3. The molecule has 3 heterocycles. The molecular weight excluding hydrogens is 378 g/mol. The molecule has 1 N–H and O–H groups in total. The van der Waals surface area contributed by atoms with Crippen LogP contribution in [0.4, 0.5) is 5.69 Å². The fourth-order valence-corrected chi connectivity index (χ4v) is 3.51. The number of nitrogens with one attached hydrogen (secondary N) is 1. The first-order valence-electron chi connectivity index (χ1n) is 8.98. The fourth-order valence-electron chi connectivity index (χ4n) is 3.51. The van der Waals surface area contributed by atoms with Gasteiger partial charge in [-0.15, -0.1) is 0 Å². The standard InChI is InChI=1S/C19H19N5O5/c1-28-16-6-13-15(7-17(16)29-2)21-18(22-19(13)25)10-23-4-3-14-11(9-23)5-12(8-20-14)24(26)27/h5-8H,3-4,9-10H2,1-2H3,(H,21,22,25). The summed E-state index contributed by atoms with van der Waals surface area (Å²) >= 11 is 0. The molecule has 1 aliphatic heterocycles. The van der Waals surface area contributed by atoms with Gasteiger partial charge in [-0.05, 0) is 11.6 Å². The van der Waals surface area contributed by atoms with Crippen molar-refractivity contribution in [3.8, 4) is 11.5 Å². The lowest BCUT2D eigenvalue weighted by molar-refractivity contribution is -0.385. The number of fused-ring (bicyclic) bond motifs is 2. The van der Waals surface area contributed by atoms with Crippen molar-refractivity contribution in [1.82, 2.24) is 19.9 Å². The van der Waals surface area contributed by atoms with E-state index in [-0.39, 0.29) is 11.2 Å². The van der Waals surface area contributed by atoms with Crippen molar-refractivity contribution in [2.45, 2.75) is 19.5 Å². The van der Waals surface area contributed by atoms with E-state index in [1.807, 2.05) is 0 Å². The van der Waals surface area contributed by atoms with Crippen LogP contribution >= 0.6 is 0 Å². The number of aromatic amines is 1. The van der Waals surface area contributed by atoms with E-state index in [0.29, 0.717) is 54.3 Å². The summed E-state index contributed by atoms with van der Waals surface area (Å²) in [6.07, 6.45) is 1.97. The molecule has 0 bridgehead atoms. The third kappa shape index (κ3) is 3.61. The van der Waals surface area contributed by atoms with Gasteiger partial charge in [-0.3, -0.25) is 24.8 Å². The molecule has 0 amide bonds. The maximum absolute atomic E-state index is 12.5. The Balaban J connectivity index is 1.62. The number of nitrogens with zero attached hydrogens (tertiary/aromatic N) is 4. The minimum atomic E-state index is -0.448. The predicted molar refractivity (Wildman–Crippen MR) is 104 cm³/mol. The number of ether oxygens (including phenoxy) is 2. The Morgan fingerprint density at radius 1 is 1.24 bits per heavy atom. The first-order chi connectivity index (χ1) is 14.0. The summed E-state index contributed by atoms with van der Waals surface area (Å²) in [5.41, 5.74) is 1.91. The van der Waals surface area contributed by atoms with Crippen LogP contribution in [0.2, 0.25) is 0 Å². The monoisotopic (exact) mass is 397 g/mol. The van der Waals surface area contributed by atoms with Crippen molar-refractivity contribution < 1.29 is 14.4 Å². The number of rotatable bonds is 5. The Kier molecular flexibility index (Phi) is 4.85. The molecule has 0 radical (unpaired) electrons. The van der Waals surface area contributed by atoms with Gasteiger partial charge >= 0.3 is 0 Å². The van der Waals surface area contributed by atoms with E-state index in [9.17, 15) is 14.9 Å². The molecule has 3 aromatic rings. The van der Waals surface area contributed by atoms with Crippen molar-refractivity contribution in [1.29, 1.82) is 0 Å². The Morgan fingerprint density at radius 3 is 2.72 bits per heavy atom. The van der Waals surface area contributed by atoms with Gasteiger partial charge in [0.05, 0.1) is 36.6 Å². The van der Waals surface area contributed by atoms with Crippen LogP contribution in [0.15, 0.2) is 29.2 Å². The Hall–Kier alpha value is -3.53. The lowest BCUT2D eigenvalue weighted by atomic mass is 10.1. The second-order valence-electron chi connectivity index (χ2n) is 6.75. The minimum absolute atomic E-state index is 0.0242. The molecule has 0 saturated carbocycles. The average Bonchev–Trinajstić information content (AvgIpc) is 2.72. The smallest absolute Gasteiger partial charge is 0.287 e. The summed E-state index contributed by atoms with van der Waals surface area (Å²) in [6.45, 7) is 1.62. The Morgan fingerprint density at radius 2 is 2.00 bits per heavy atom. The van der Waals surface area contributed by atoms with E-state index in [2.05, 4.69) is 19.9 Å². The van der Waals surface area contributed by atoms with Crippen molar-refractivity contribution >= 4 is 16.6 Å². The summed E-state index contributed by atoms with van der Waals surface area (Å²) in [6, 6.07) is 4.83. The number of hydrogen-bond donors (Lipinski definition) is 1. The van der Waals surface area contributed by atoms with E-state index in [4.69, 9.17) is 9.47 Å². The van der Waals surface area contributed by atoms with Gasteiger partial charge in [0.2, 0.25) is 0 Å². The molecule has 10 nitrogen and oxygen atoms in total. The summed E-state index contributed by atoms with van der Waals surface area (Å²) in [7, 11) is 3.03. The van der Waals surface area contributed by atoms with Crippen LogP contribution in [0, 0.1) is 10.1 Å². The first-order valence-corrected chi connectivity index (χ1v) is 8.98. The molecule has 150 valence electrons. The second kappa shape index (κ2) is 7.47. The molecule has 0 atom stereocenters. The van der Waals surface area contributed by atoms with Crippen LogP contribution in [0.25, 0.3) is 10.9 Å². The highest BCUT2D eigenvalue weighted by molar-refractivity contribution is 5.81. The molecule has 2 aromatic heterocycles. The number of methoxy groups -OCH3 is 2. The molecule has 0 unspecified atom stereocenters. The summed E-state index contributed by atoms with van der Waals surface area (Å²) in [4.78, 5) is 36.7. The number of benzene rings is 1. The SMILES string of the molecule is COc1cc2nc(CN3CCc4ncc([N+](=O)[O-])cc4C3)[nH]c(=O)c2cc1OC. The number of H-pyrrole nitrogens is 1. The van der Waals surface area contributed by atoms with Gasteiger partial charge in [-0.1, -0.05) is 0 Å². The normalized spacial score (nSPS) is 13.9. The highest BCUT2D eigenvalue weighted by Gasteiger charge is 2.21. The van der Waals surface area contributed by atoms with Crippen LogP contribution in [0.3, 0.4) is 0 Å². The maximum Gasteiger partial charge on any atom is 0.287 e. The van der Waals surface area contributed by atoms with Crippen molar-refractivity contribution in [3.63, 3.8) is 0 Å². The quantitative estimate of drug-likeness (QED) is 0.511. The number of hydrogen-bond acceptors (Lipinski definition) is 8. The third-order valence-corrected chi connectivity index (χ3v) is 4.95. The molecular formula is C19H19N5O5. The fraction of sp³-hybridized carbons (Fsp3) is 0.316. The molecule has 0 aliphatic carbocycles. The van der Waals surface area contributed by atoms with Crippen LogP contribution in [0.1, 0.15) is 17.1 Å². The van der Waals surface area contributed by atoms with Crippen LogP contribution in [0.5, 0.6) is 11.5 Å². The van der Waals surface area contributed by atoms with Crippen molar-refractivity contribution in [3.05, 3.63) is 61.9 Å². The third-order valence-electron chi connectivity index (χ3n) is 4.95. The van der Waals surface area contributed by atoms with Gasteiger partial charge in [-0.2, -0.15) is 0 Å². The zero-order valence-electron chi connectivity index (χ0n) is 16.0. The molecule has 4 rings (SSSR count). The van der Waals surface area contributed by atoms with E-state index in [1.54, 1.807) is 18.2 Å².